The Hall–Kier alpha value is -3.71. The van der Waals surface area contributed by atoms with Crippen molar-refractivity contribution in [3.05, 3.63) is 102 Å². The first-order chi connectivity index (χ1) is 14.7. The van der Waals surface area contributed by atoms with Crippen molar-refractivity contribution in [3.8, 4) is 22.3 Å². The molecule has 0 N–H and O–H groups in total. The van der Waals surface area contributed by atoms with Gasteiger partial charge in [-0.05, 0) is 80.0 Å². The van der Waals surface area contributed by atoms with E-state index >= 15 is 0 Å². The van der Waals surface area contributed by atoms with E-state index in [0.717, 1.165) is 5.56 Å². The molecule has 30 heavy (non-hydrogen) atoms. The predicted molar refractivity (Wildman–Crippen MR) is 128 cm³/mol. The molecule has 6 aromatic rings. The average molecular weight is 383 g/mol. The van der Waals surface area contributed by atoms with Crippen molar-refractivity contribution in [1.29, 1.82) is 0 Å². The highest BCUT2D eigenvalue weighted by Gasteiger charge is 2.17. The molecule has 0 bridgehead atoms. The second-order valence-electron chi connectivity index (χ2n) is 8.16. The summed E-state index contributed by atoms with van der Waals surface area (Å²) in [4.78, 5) is 4.35. The number of nitrogens with zero attached hydrogens (tertiary/aromatic N) is 1. The molecule has 1 nitrogen and oxygen atoms in total. The highest BCUT2D eigenvalue weighted by atomic mass is 14.6. The van der Waals surface area contributed by atoms with Gasteiger partial charge in [0.25, 0.3) is 0 Å². The van der Waals surface area contributed by atoms with Gasteiger partial charge in [-0.2, -0.15) is 0 Å². The minimum absolute atomic E-state index is 1.16. The van der Waals surface area contributed by atoms with Crippen LogP contribution in [-0.2, 0) is 0 Å². The van der Waals surface area contributed by atoms with Crippen molar-refractivity contribution in [3.63, 3.8) is 0 Å². The van der Waals surface area contributed by atoms with Crippen LogP contribution in [0.2, 0.25) is 0 Å². The summed E-state index contributed by atoms with van der Waals surface area (Å²) >= 11 is 0. The average Bonchev–Trinajstić information content (AvgIpc) is 2.78. The van der Waals surface area contributed by atoms with E-state index in [-0.39, 0.29) is 0 Å². The standard InChI is InChI=1S/C29H21N/c1-18-6-3-4-8-23(18)27-19(2)16-21-11-13-25-24(22-7-5-15-30-17-22)12-9-20-10-14-26(27)29(21)28(20)25/h3-17H,1-2H3. The lowest BCUT2D eigenvalue weighted by atomic mass is 9.85. The molecule has 1 heteroatoms. The molecule has 6 rings (SSSR count). The Labute approximate surface area is 176 Å². The third-order valence-corrected chi connectivity index (χ3v) is 6.37. The number of aromatic nitrogens is 1. The maximum Gasteiger partial charge on any atom is 0.0346 e. The molecule has 1 heterocycles. The number of hydrogen-bond donors (Lipinski definition) is 0. The molecule has 0 saturated carbocycles. The number of rotatable bonds is 2. The van der Waals surface area contributed by atoms with Crippen LogP contribution < -0.4 is 0 Å². The van der Waals surface area contributed by atoms with Gasteiger partial charge in [0, 0.05) is 18.0 Å². The van der Waals surface area contributed by atoms with E-state index in [0.29, 0.717) is 0 Å². The lowest BCUT2D eigenvalue weighted by Gasteiger charge is -2.19. The number of aryl methyl sites for hydroxylation is 2. The van der Waals surface area contributed by atoms with Crippen molar-refractivity contribution < 1.29 is 0 Å². The van der Waals surface area contributed by atoms with E-state index in [1.807, 2.05) is 18.5 Å². The summed E-state index contributed by atoms with van der Waals surface area (Å²) in [5.41, 5.74) is 7.70. The van der Waals surface area contributed by atoms with E-state index in [2.05, 4.69) is 91.6 Å². The predicted octanol–water partition coefficient (Wildman–Crippen LogP) is 7.93. The van der Waals surface area contributed by atoms with Gasteiger partial charge in [0.2, 0.25) is 0 Å². The smallest absolute Gasteiger partial charge is 0.0346 e. The summed E-state index contributed by atoms with van der Waals surface area (Å²) in [6.07, 6.45) is 3.78. The van der Waals surface area contributed by atoms with E-state index in [9.17, 15) is 0 Å². The quantitative estimate of drug-likeness (QED) is 0.277. The van der Waals surface area contributed by atoms with E-state index < -0.39 is 0 Å². The van der Waals surface area contributed by atoms with Gasteiger partial charge in [-0.1, -0.05) is 72.8 Å². The second-order valence-corrected chi connectivity index (χ2v) is 8.16. The Morgan fingerprint density at radius 3 is 2.20 bits per heavy atom. The van der Waals surface area contributed by atoms with Crippen LogP contribution in [0.1, 0.15) is 11.1 Å². The molecule has 0 saturated heterocycles. The Morgan fingerprint density at radius 2 is 1.37 bits per heavy atom. The third-order valence-electron chi connectivity index (χ3n) is 6.37. The van der Waals surface area contributed by atoms with Crippen molar-refractivity contribution in [2.45, 2.75) is 13.8 Å². The molecule has 142 valence electrons. The molecule has 0 spiro atoms. The third kappa shape index (κ3) is 2.39. The lowest BCUT2D eigenvalue weighted by molar-refractivity contribution is 1.33. The molecule has 0 aliphatic rings. The highest BCUT2D eigenvalue weighted by molar-refractivity contribution is 6.28. The zero-order valence-electron chi connectivity index (χ0n) is 17.1. The van der Waals surface area contributed by atoms with Crippen LogP contribution in [0.25, 0.3) is 54.6 Å². The number of pyridine rings is 1. The maximum atomic E-state index is 4.35. The van der Waals surface area contributed by atoms with Gasteiger partial charge < -0.3 is 0 Å². The SMILES string of the molecule is Cc1ccccc1-c1c(C)cc2ccc3c(-c4cccnc4)ccc4ccc1c2c43. The molecule has 0 amide bonds. The Balaban J connectivity index is 1.79. The summed E-state index contributed by atoms with van der Waals surface area (Å²) in [6.45, 7) is 4.44. The van der Waals surface area contributed by atoms with Gasteiger partial charge in [-0.25, -0.2) is 0 Å². The molecular weight excluding hydrogens is 362 g/mol. The topological polar surface area (TPSA) is 12.9 Å². The molecule has 0 aliphatic heterocycles. The van der Waals surface area contributed by atoms with Gasteiger partial charge in [-0.15, -0.1) is 0 Å². The summed E-state index contributed by atoms with van der Waals surface area (Å²) in [6, 6.07) is 28.8. The molecule has 0 unspecified atom stereocenters. The first-order valence-corrected chi connectivity index (χ1v) is 10.4. The summed E-state index contributed by atoms with van der Waals surface area (Å²) in [7, 11) is 0. The zero-order chi connectivity index (χ0) is 20.2. The first kappa shape index (κ1) is 17.2. The van der Waals surface area contributed by atoms with Crippen LogP contribution in [-0.4, -0.2) is 4.98 Å². The van der Waals surface area contributed by atoms with Crippen LogP contribution in [0.3, 0.4) is 0 Å². The Morgan fingerprint density at radius 1 is 0.600 bits per heavy atom. The molecule has 0 radical (unpaired) electrons. The van der Waals surface area contributed by atoms with Gasteiger partial charge in [-0.3, -0.25) is 4.98 Å². The van der Waals surface area contributed by atoms with Crippen molar-refractivity contribution in [2.75, 3.05) is 0 Å². The minimum atomic E-state index is 1.16. The van der Waals surface area contributed by atoms with Crippen molar-refractivity contribution in [2.24, 2.45) is 0 Å². The summed E-state index contributed by atoms with van der Waals surface area (Å²) < 4.78 is 0. The first-order valence-electron chi connectivity index (χ1n) is 10.4. The van der Waals surface area contributed by atoms with Gasteiger partial charge in [0.05, 0.1) is 0 Å². The second kappa shape index (κ2) is 6.40. The van der Waals surface area contributed by atoms with Crippen molar-refractivity contribution >= 4 is 32.3 Å². The molecule has 0 aliphatic carbocycles. The van der Waals surface area contributed by atoms with Crippen molar-refractivity contribution in [1.82, 2.24) is 4.98 Å². The highest BCUT2D eigenvalue weighted by Crippen LogP contribution is 2.43. The van der Waals surface area contributed by atoms with Gasteiger partial charge in [0.1, 0.15) is 0 Å². The van der Waals surface area contributed by atoms with E-state index in [4.69, 9.17) is 0 Å². The van der Waals surface area contributed by atoms with Gasteiger partial charge in [0.15, 0.2) is 0 Å². The van der Waals surface area contributed by atoms with Crippen LogP contribution >= 0.6 is 0 Å². The fraction of sp³-hybridized carbons (Fsp3) is 0.0690. The van der Waals surface area contributed by atoms with Crippen LogP contribution in [0, 0.1) is 13.8 Å². The van der Waals surface area contributed by atoms with Crippen LogP contribution in [0.4, 0.5) is 0 Å². The zero-order valence-corrected chi connectivity index (χ0v) is 17.1. The van der Waals surface area contributed by atoms with Crippen LogP contribution in [0.5, 0.6) is 0 Å². The maximum absolute atomic E-state index is 4.35. The molecule has 0 fully saturated rings. The molecule has 1 aromatic heterocycles. The fourth-order valence-corrected chi connectivity index (χ4v) is 5.01. The largest absolute Gasteiger partial charge is 0.264 e. The summed E-state index contributed by atoms with van der Waals surface area (Å²) in [5, 5.41) is 7.93. The number of benzene rings is 5. The Kier molecular flexibility index (Phi) is 3.66. The van der Waals surface area contributed by atoms with E-state index in [1.165, 1.54) is 60.1 Å². The van der Waals surface area contributed by atoms with Crippen LogP contribution in [0.15, 0.2) is 91.3 Å². The minimum Gasteiger partial charge on any atom is -0.264 e. The summed E-state index contributed by atoms with van der Waals surface area (Å²) in [5.74, 6) is 0. The van der Waals surface area contributed by atoms with E-state index in [1.54, 1.807) is 0 Å². The number of hydrogen-bond acceptors (Lipinski definition) is 1. The normalized spacial score (nSPS) is 11.7. The lowest BCUT2D eigenvalue weighted by Crippen LogP contribution is -1.93. The monoisotopic (exact) mass is 383 g/mol. The Bertz CT molecular complexity index is 1540. The molecule has 5 aromatic carbocycles. The molecule has 0 atom stereocenters. The van der Waals surface area contributed by atoms with Gasteiger partial charge >= 0.3 is 0 Å². The molecular formula is C29H21N. The fourth-order valence-electron chi connectivity index (χ4n) is 5.01.